The standard InChI is InChI=1S/C26H37N3O6S/c1-6-22(26(31)27-7-2)28(19-20-12-10-13-21(18-20)34-3)25(30)16-11-17-29(36(5,32)33)23-14-8-9-15-24(23)35-4/h8-10,12-15,18,22H,6-7,11,16-17,19H2,1-5H3,(H,27,31). The second-order valence-corrected chi connectivity index (χ2v) is 10.2. The molecule has 0 heterocycles. The normalized spacial score (nSPS) is 11.9. The number of benzene rings is 2. The molecule has 0 aliphatic rings. The van der Waals surface area contributed by atoms with Crippen LogP contribution in [0.1, 0.15) is 38.7 Å². The lowest BCUT2D eigenvalue weighted by molar-refractivity contribution is -0.141. The van der Waals surface area contributed by atoms with Crippen molar-refractivity contribution in [1.29, 1.82) is 0 Å². The summed E-state index contributed by atoms with van der Waals surface area (Å²) in [6.45, 7) is 4.47. The van der Waals surface area contributed by atoms with Crippen LogP contribution in [-0.4, -0.2) is 64.7 Å². The van der Waals surface area contributed by atoms with Gasteiger partial charge in [-0.05, 0) is 49.6 Å². The van der Waals surface area contributed by atoms with Gasteiger partial charge in [0.05, 0.1) is 26.2 Å². The van der Waals surface area contributed by atoms with Crippen LogP contribution in [0.4, 0.5) is 5.69 Å². The highest BCUT2D eigenvalue weighted by Gasteiger charge is 2.29. The molecule has 0 fully saturated rings. The number of sulfonamides is 1. The van der Waals surface area contributed by atoms with E-state index < -0.39 is 16.1 Å². The number of hydrogen-bond donors (Lipinski definition) is 1. The number of hydrogen-bond acceptors (Lipinski definition) is 6. The zero-order chi connectivity index (χ0) is 26.7. The van der Waals surface area contributed by atoms with E-state index in [1.165, 1.54) is 11.4 Å². The van der Waals surface area contributed by atoms with E-state index in [4.69, 9.17) is 9.47 Å². The Kier molecular flexibility index (Phi) is 11.0. The van der Waals surface area contributed by atoms with Gasteiger partial charge in [-0.15, -0.1) is 0 Å². The molecular formula is C26H37N3O6S. The number of anilines is 1. The Labute approximate surface area is 214 Å². The van der Waals surface area contributed by atoms with Crippen molar-refractivity contribution in [3.8, 4) is 11.5 Å². The number of likely N-dealkylation sites (N-methyl/N-ethyl adjacent to an activating group) is 1. The number of carbonyl (C=O) groups excluding carboxylic acids is 2. The van der Waals surface area contributed by atoms with Gasteiger partial charge in [-0.3, -0.25) is 13.9 Å². The molecule has 2 rings (SSSR count). The van der Waals surface area contributed by atoms with E-state index in [0.717, 1.165) is 11.8 Å². The molecule has 0 aliphatic heterocycles. The van der Waals surface area contributed by atoms with Crippen LogP contribution in [0.25, 0.3) is 0 Å². The summed E-state index contributed by atoms with van der Waals surface area (Å²) < 4.78 is 36.9. The number of methoxy groups -OCH3 is 2. The molecule has 0 saturated heterocycles. The molecule has 0 radical (unpaired) electrons. The molecule has 36 heavy (non-hydrogen) atoms. The highest BCUT2D eigenvalue weighted by atomic mass is 32.2. The molecule has 1 N–H and O–H groups in total. The predicted octanol–water partition coefficient (Wildman–Crippen LogP) is 3.19. The lowest BCUT2D eigenvalue weighted by atomic mass is 10.1. The summed E-state index contributed by atoms with van der Waals surface area (Å²) in [6.07, 6.45) is 1.90. The number of carbonyl (C=O) groups is 2. The molecule has 10 heteroatoms. The molecule has 0 bridgehead atoms. The lowest BCUT2D eigenvalue weighted by Crippen LogP contribution is -2.49. The fraction of sp³-hybridized carbons (Fsp3) is 0.462. The average Bonchev–Trinajstić information content (AvgIpc) is 2.86. The Morgan fingerprint density at radius 2 is 1.75 bits per heavy atom. The summed E-state index contributed by atoms with van der Waals surface area (Å²) >= 11 is 0. The Morgan fingerprint density at radius 3 is 2.36 bits per heavy atom. The number of rotatable bonds is 14. The molecule has 2 aromatic rings. The first-order chi connectivity index (χ1) is 17.2. The van der Waals surface area contributed by atoms with Crippen LogP contribution in [-0.2, 0) is 26.2 Å². The smallest absolute Gasteiger partial charge is 0.242 e. The molecule has 1 atom stereocenters. The van der Waals surface area contributed by atoms with Gasteiger partial charge in [-0.25, -0.2) is 8.42 Å². The number of ether oxygens (including phenoxy) is 2. The summed E-state index contributed by atoms with van der Waals surface area (Å²) in [5.41, 5.74) is 1.24. The Bertz CT molecular complexity index is 1120. The predicted molar refractivity (Wildman–Crippen MR) is 141 cm³/mol. The molecule has 0 saturated carbocycles. The zero-order valence-electron chi connectivity index (χ0n) is 21.7. The van der Waals surface area contributed by atoms with E-state index in [2.05, 4.69) is 5.32 Å². The fourth-order valence-electron chi connectivity index (χ4n) is 4.00. The molecular weight excluding hydrogens is 482 g/mol. The SMILES string of the molecule is CCNC(=O)C(CC)N(Cc1cccc(OC)c1)C(=O)CCCN(c1ccccc1OC)S(C)(=O)=O. The Hall–Kier alpha value is -3.27. The average molecular weight is 520 g/mol. The highest BCUT2D eigenvalue weighted by Crippen LogP contribution is 2.30. The van der Waals surface area contributed by atoms with Gasteiger partial charge in [0.1, 0.15) is 17.5 Å². The van der Waals surface area contributed by atoms with Crippen molar-refractivity contribution in [2.75, 3.05) is 37.9 Å². The number of nitrogens with one attached hydrogen (secondary N) is 1. The van der Waals surface area contributed by atoms with Gasteiger partial charge in [-0.2, -0.15) is 0 Å². The molecule has 198 valence electrons. The molecule has 2 aromatic carbocycles. The second-order valence-electron chi connectivity index (χ2n) is 8.30. The van der Waals surface area contributed by atoms with Crippen LogP contribution in [0.15, 0.2) is 48.5 Å². The zero-order valence-corrected chi connectivity index (χ0v) is 22.5. The van der Waals surface area contributed by atoms with Crippen molar-refractivity contribution in [1.82, 2.24) is 10.2 Å². The van der Waals surface area contributed by atoms with Crippen LogP contribution >= 0.6 is 0 Å². The first kappa shape index (κ1) is 29.0. The van der Waals surface area contributed by atoms with E-state index in [0.29, 0.717) is 30.2 Å². The van der Waals surface area contributed by atoms with Gasteiger partial charge in [0.25, 0.3) is 0 Å². The maximum atomic E-state index is 13.4. The largest absolute Gasteiger partial charge is 0.497 e. The Morgan fingerprint density at radius 1 is 1.03 bits per heavy atom. The maximum absolute atomic E-state index is 13.4. The molecule has 0 aromatic heterocycles. The quantitative estimate of drug-likeness (QED) is 0.411. The van der Waals surface area contributed by atoms with Crippen LogP contribution in [0.2, 0.25) is 0 Å². The second kappa shape index (κ2) is 13.7. The summed E-state index contributed by atoms with van der Waals surface area (Å²) in [5, 5.41) is 2.81. The third-order valence-corrected chi connectivity index (χ3v) is 6.91. The van der Waals surface area contributed by atoms with E-state index in [-0.39, 0.29) is 37.7 Å². The minimum absolute atomic E-state index is 0.0705. The van der Waals surface area contributed by atoms with Crippen molar-refractivity contribution in [3.63, 3.8) is 0 Å². The third kappa shape index (κ3) is 7.87. The number of amides is 2. The molecule has 0 spiro atoms. The topological polar surface area (TPSA) is 105 Å². The maximum Gasteiger partial charge on any atom is 0.242 e. The van der Waals surface area contributed by atoms with E-state index in [1.807, 2.05) is 38.1 Å². The number of nitrogens with zero attached hydrogens (tertiary/aromatic N) is 2. The molecule has 0 aliphatic carbocycles. The van der Waals surface area contributed by atoms with Crippen molar-refractivity contribution >= 4 is 27.5 Å². The van der Waals surface area contributed by atoms with Crippen molar-refractivity contribution < 1.29 is 27.5 Å². The summed E-state index contributed by atoms with van der Waals surface area (Å²) in [4.78, 5) is 27.8. The Balaban J connectivity index is 2.25. The molecule has 9 nitrogen and oxygen atoms in total. The van der Waals surface area contributed by atoms with E-state index in [9.17, 15) is 18.0 Å². The van der Waals surface area contributed by atoms with Gasteiger partial charge in [-0.1, -0.05) is 31.2 Å². The summed E-state index contributed by atoms with van der Waals surface area (Å²) in [5.74, 6) is 0.634. The first-order valence-corrected chi connectivity index (χ1v) is 13.8. The number of para-hydroxylation sites is 2. The minimum atomic E-state index is -3.62. The fourth-order valence-corrected chi connectivity index (χ4v) is 4.97. The minimum Gasteiger partial charge on any atom is -0.497 e. The van der Waals surface area contributed by atoms with Gasteiger partial charge in [0, 0.05) is 26.1 Å². The van der Waals surface area contributed by atoms with Crippen molar-refractivity contribution in [3.05, 3.63) is 54.1 Å². The summed E-state index contributed by atoms with van der Waals surface area (Å²) in [6, 6.07) is 13.5. The van der Waals surface area contributed by atoms with Crippen molar-refractivity contribution in [2.24, 2.45) is 0 Å². The summed E-state index contributed by atoms with van der Waals surface area (Å²) in [7, 11) is -0.568. The molecule has 1 unspecified atom stereocenters. The van der Waals surface area contributed by atoms with E-state index in [1.54, 1.807) is 36.3 Å². The van der Waals surface area contributed by atoms with Crippen LogP contribution in [0.5, 0.6) is 11.5 Å². The van der Waals surface area contributed by atoms with Crippen LogP contribution in [0, 0.1) is 0 Å². The van der Waals surface area contributed by atoms with Crippen LogP contribution in [0.3, 0.4) is 0 Å². The van der Waals surface area contributed by atoms with E-state index >= 15 is 0 Å². The monoisotopic (exact) mass is 519 g/mol. The van der Waals surface area contributed by atoms with Gasteiger partial charge in [0.15, 0.2) is 0 Å². The van der Waals surface area contributed by atoms with Gasteiger partial charge < -0.3 is 19.7 Å². The lowest BCUT2D eigenvalue weighted by Gasteiger charge is -2.31. The third-order valence-electron chi connectivity index (χ3n) is 5.73. The van der Waals surface area contributed by atoms with Gasteiger partial charge in [0.2, 0.25) is 21.8 Å². The van der Waals surface area contributed by atoms with Gasteiger partial charge >= 0.3 is 0 Å². The first-order valence-electron chi connectivity index (χ1n) is 12.0. The highest BCUT2D eigenvalue weighted by molar-refractivity contribution is 7.92. The van der Waals surface area contributed by atoms with Crippen molar-refractivity contribution in [2.45, 2.75) is 45.7 Å². The molecule has 2 amide bonds. The van der Waals surface area contributed by atoms with Crippen LogP contribution < -0.4 is 19.1 Å².